The Hall–Kier alpha value is -0.0603. The van der Waals surface area contributed by atoms with E-state index in [1.165, 1.54) is 57.8 Å². The molecule has 0 amide bonds. The van der Waals surface area contributed by atoms with Crippen molar-refractivity contribution in [2.24, 2.45) is 0 Å². The molecule has 0 aliphatic heterocycles. The van der Waals surface area contributed by atoms with E-state index in [-0.39, 0.29) is 37.7 Å². The summed E-state index contributed by atoms with van der Waals surface area (Å²) >= 11 is 0. The van der Waals surface area contributed by atoms with Gasteiger partial charge in [0, 0.05) is 12.2 Å². The standard InChI is InChI=1S/C17H30O4.Ca.2H/c1-2-3-4-5-6-7-8-9-10-11-12-15-21-17(20)14-13-16(18)19;;;/h13-14H,2-12,15H2,1H3,(H,18,19);;;/b14-13-;;;. The molecule has 0 fully saturated rings. The fourth-order valence-corrected chi connectivity index (χ4v) is 2.13. The summed E-state index contributed by atoms with van der Waals surface area (Å²) in [5.41, 5.74) is 0. The Morgan fingerprint density at radius 1 is 0.818 bits per heavy atom. The molecule has 0 saturated heterocycles. The molecule has 22 heavy (non-hydrogen) atoms. The predicted molar refractivity (Wildman–Crippen MR) is 92.7 cm³/mol. The molecule has 4 nitrogen and oxygen atoms in total. The monoisotopic (exact) mass is 340 g/mol. The Balaban J connectivity index is 0. The molecule has 0 rings (SSSR count). The first-order valence-electron chi connectivity index (χ1n) is 8.24. The Morgan fingerprint density at radius 2 is 1.27 bits per heavy atom. The summed E-state index contributed by atoms with van der Waals surface area (Å²) in [4.78, 5) is 21.2. The van der Waals surface area contributed by atoms with E-state index in [1.807, 2.05) is 0 Å². The van der Waals surface area contributed by atoms with Crippen molar-refractivity contribution in [2.45, 2.75) is 77.6 Å². The summed E-state index contributed by atoms with van der Waals surface area (Å²) in [6.45, 7) is 2.61. The second-order valence-electron chi connectivity index (χ2n) is 5.37. The first kappa shape index (κ1) is 24.2. The van der Waals surface area contributed by atoms with Gasteiger partial charge in [-0.15, -0.1) is 0 Å². The van der Waals surface area contributed by atoms with Crippen LogP contribution in [-0.2, 0) is 14.3 Å². The van der Waals surface area contributed by atoms with Crippen LogP contribution in [0.1, 0.15) is 77.6 Å². The van der Waals surface area contributed by atoms with E-state index in [0.717, 1.165) is 25.0 Å². The van der Waals surface area contributed by atoms with E-state index in [0.29, 0.717) is 6.61 Å². The van der Waals surface area contributed by atoms with Gasteiger partial charge in [-0.05, 0) is 6.42 Å². The van der Waals surface area contributed by atoms with Crippen LogP contribution >= 0.6 is 0 Å². The summed E-state index contributed by atoms with van der Waals surface area (Å²) in [5.74, 6) is -1.72. The molecule has 0 aliphatic rings. The number of unbranched alkanes of at least 4 members (excludes halogenated alkanes) is 10. The normalized spacial score (nSPS) is 10.4. The van der Waals surface area contributed by atoms with Gasteiger partial charge in [0.15, 0.2) is 0 Å². The SMILES string of the molecule is CCCCCCCCCCCCCOC(=O)/C=C\C(=O)O.[CaH2]. The zero-order chi connectivity index (χ0) is 15.8. The van der Waals surface area contributed by atoms with Gasteiger partial charge in [0.2, 0.25) is 0 Å². The fourth-order valence-electron chi connectivity index (χ4n) is 2.13. The topological polar surface area (TPSA) is 63.6 Å². The van der Waals surface area contributed by atoms with Crippen LogP contribution in [0.2, 0.25) is 0 Å². The zero-order valence-electron chi connectivity index (χ0n) is 13.3. The van der Waals surface area contributed by atoms with Gasteiger partial charge in [0.1, 0.15) is 0 Å². The number of hydrogen-bond acceptors (Lipinski definition) is 3. The van der Waals surface area contributed by atoms with Gasteiger partial charge in [-0.3, -0.25) is 0 Å². The maximum atomic E-state index is 11.1. The number of hydrogen-bond donors (Lipinski definition) is 1. The fraction of sp³-hybridized carbons (Fsp3) is 0.765. The van der Waals surface area contributed by atoms with Crippen molar-refractivity contribution in [3.8, 4) is 0 Å². The zero-order valence-corrected chi connectivity index (χ0v) is 13.3. The van der Waals surface area contributed by atoms with Gasteiger partial charge >= 0.3 is 49.7 Å². The molecular weight excluding hydrogens is 308 g/mol. The van der Waals surface area contributed by atoms with Gasteiger partial charge < -0.3 is 9.84 Å². The van der Waals surface area contributed by atoms with Gasteiger partial charge in [0.05, 0.1) is 6.61 Å². The average molecular weight is 341 g/mol. The number of carboxylic acid groups (broad SMARTS) is 1. The van der Waals surface area contributed by atoms with Crippen LogP contribution in [0, 0.1) is 0 Å². The summed E-state index contributed by atoms with van der Waals surface area (Å²) in [6.07, 6.45) is 15.5. The van der Waals surface area contributed by atoms with E-state index in [2.05, 4.69) is 6.92 Å². The molecular formula is C17H32CaO4. The molecule has 0 radical (unpaired) electrons. The molecule has 0 spiro atoms. The van der Waals surface area contributed by atoms with E-state index in [1.54, 1.807) is 0 Å². The van der Waals surface area contributed by atoms with Gasteiger partial charge in [0.25, 0.3) is 0 Å². The number of carbonyl (C=O) groups excluding carboxylic acids is 1. The minimum absolute atomic E-state index is 0. The first-order chi connectivity index (χ1) is 10.2. The molecule has 0 aromatic heterocycles. The van der Waals surface area contributed by atoms with Gasteiger partial charge in [-0.1, -0.05) is 71.1 Å². The maximum absolute atomic E-state index is 11.1. The number of rotatable bonds is 14. The molecule has 0 aliphatic carbocycles. The van der Waals surface area contributed by atoms with Crippen LogP contribution < -0.4 is 0 Å². The number of esters is 1. The van der Waals surface area contributed by atoms with Gasteiger partial charge in [-0.25, -0.2) is 9.59 Å². The predicted octanol–water partition coefficient (Wildman–Crippen LogP) is 3.57. The molecule has 0 heterocycles. The molecule has 0 atom stereocenters. The van der Waals surface area contributed by atoms with Crippen molar-refractivity contribution >= 4 is 49.7 Å². The van der Waals surface area contributed by atoms with Crippen molar-refractivity contribution in [2.75, 3.05) is 6.61 Å². The molecule has 0 saturated carbocycles. The van der Waals surface area contributed by atoms with Crippen LogP contribution in [0.4, 0.5) is 0 Å². The number of ether oxygens (including phenoxy) is 1. The molecule has 126 valence electrons. The number of carbonyl (C=O) groups is 2. The summed E-state index contributed by atoms with van der Waals surface area (Å²) < 4.78 is 4.89. The van der Waals surface area contributed by atoms with E-state index in [9.17, 15) is 9.59 Å². The molecule has 0 unspecified atom stereocenters. The van der Waals surface area contributed by atoms with Crippen LogP contribution in [0.25, 0.3) is 0 Å². The molecule has 0 aromatic carbocycles. The quantitative estimate of drug-likeness (QED) is 0.227. The Labute approximate surface area is 164 Å². The summed E-state index contributed by atoms with van der Waals surface area (Å²) in [5, 5.41) is 8.34. The van der Waals surface area contributed by atoms with Crippen molar-refractivity contribution in [3.63, 3.8) is 0 Å². The number of carboxylic acids is 1. The average Bonchev–Trinajstić information content (AvgIpc) is 2.46. The third kappa shape index (κ3) is 19.9. The van der Waals surface area contributed by atoms with Crippen LogP contribution in [0.5, 0.6) is 0 Å². The van der Waals surface area contributed by atoms with E-state index >= 15 is 0 Å². The van der Waals surface area contributed by atoms with E-state index in [4.69, 9.17) is 9.84 Å². The van der Waals surface area contributed by atoms with Crippen LogP contribution in [0.3, 0.4) is 0 Å². The van der Waals surface area contributed by atoms with E-state index < -0.39 is 11.9 Å². The molecule has 0 bridgehead atoms. The summed E-state index contributed by atoms with van der Waals surface area (Å²) in [6, 6.07) is 0. The Kier molecular flexibility index (Phi) is 20.9. The van der Waals surface area contributed by atoms with Crippen molar-refractivity contribution in [3.05, 3.63) is 12.2 Å². The van der Waals surface area contributed by atoms with Crippen LogP contribution in [0.15, 0.2) is 12.2 Å². The minimum atomic E-state index is -1.14. The van der Waals surface area contributed by atoms with Crippen molar-refractivity contribution in [1.29, 1.82) is 0 Å². The molecule has 5 heteroatoms. The third-order valence-corrected chi connectivity index (χ3v) is 3.35. The second-order valence-corrected chi connectivity index (χ2v) is 5.37. The second kappa shape index (κ2) is 19.0. The Bertz CT molecular complexity index is 303. The first-order valence-corrected chi connectivity index (χ1v) is 8.24. The molecule has 1 N–H and O–H groups in total. The summed E-state index contributed by atoms with van der Waals surface area (Å²) in [7, 11) is 0. The van der Waals surface area contributed by atoms with Gasteiger partial charge in [-0.2, -0.15) is 0 Å². The van der Waals surface area contributed by atoms with Crippen molar-refractivity contribution in [1.82, 2.24) is 0 Å². The third-order valence-electron chi connectivity index (χ3n) is 3.35. The van der Waals surface area contributed by atoms with Crippen LogP contribution in [-0.4, -0.2) is 61.4 Å². The number of aliphatic carboxylic acids is 1. The molecule has 0 aromatic rings. The van der Waals surface area contributed by atoms with Crippen molar-refractivity contribution < 1.29 is 19.4 Å². The Morgan fingerprint density at radius 3 is 1.73 bits per heavy atom.